The Balaban J connectivity index is 0.00000256. The molecule has 0 atom stereocenters. The van der Waals surface area contributed by atoms with E-state index >= 15 is 0 Å². The second kappa shape index (κ2) is 9.73. The Morgan fingerprint density at radius 1 is 1.23 bits per heavy atom. The Bertz CT molecular complexity index is 1130. The number of imidazole rings is 1. The lowest BCUT2D eigenvalue weighted by atomic mass is 10.2. The summed E-state index contributed by atoms with van der Waals surface area (Å²) < 4.78 is 8.38. The molecule has 0 unspecified atom stereocenters. The lowest BCUT2D eigenvalue weighted by Gasteiger charge is -2.20. The number of methoxy groups -OCH3 is 1. The minimum Gasteiger partial charge on any atom is -0.497 e. The number of aryl methyl sites for hydroxylation is 2. The average Bonchev–Trinajstić information content (AvgIpc) is 3.41. The van der Waals surface area contributed by atoms with Gasteiger partial charge in [0.15, 0.2) is 5.13 Å². The molecule has 0 bridgehead atoms. The fourth-order valence-corrected chi connectivity index (χ4v) is 4.28. The smallest absolute Gasteiger partial charge is 0.260 e. The SMILES string of the molecule is COc1cccc(C(=O)N(CCCn2ccnc2)c2nc3c(C)cccc3s2)c1.Cl. The summed E-state index contributed by atoms with van der Waals surface area (Å²) in [6.07, 6.45) is 6.26. The highest BCUT2D eigenvalue weighted by molar-refractivity contribution is 7.22. The van der Waals surface area contributed by atoms with Gasteiger partial charge in [0.1, 0.15) is 5.75 Å². The first-order chi connectivity index (χ1) is 14.2. The zero-order chi connectivity index (χ0) is 20.2. The quantitative estimate of drug-likeness (QED) is 0.405. The zero-order valence-electron chi connectivity index (χ0n) is 16.8. The van der Waals surface area contributed by atoms with Gasteiger partial charge >= 0.3 is 0 Å². The number of carbonyl (C=O) groups is 1. The highest BCUT2D eigenvalue weighted by atomic mass is 35.5. The van der Waals surface area contributed by atoms with Gasteiger partial charge in [-0.25, -0.2) is 9.97 Å². The number of hydrogen-bond acceptors (Lipinski definition) is 5. The highest BCUT2D eigenvalue weighted by Gasteiger charge is 2.22. The predicted molar refractivity (Wildman–Crippen MR) is 123 cm³/mol. The number of carbonyl (C=O) groups excluding carboxylic acids is 1. The minimum atomic E-state index is -0.0776. The number of aromatic nitrogens is 3. The molecule has 30 heavy (non-hydrogen) atoms. The van der Waals surface area contributed by atoms with Crippen molar-refractivity contribution in [1.29, 1.82) is 0 Å². The third-order valence-electron chi connectivity index (χ3n) is 4.76. The van der Waals surface area contributed by atoms with Crippen molar-refractivity contribution in [3.63, 3.8) is 0 Å². The van der Waals surface area contributed by atoms with E-state index in [0.717, 1.165) is 28.7 Å². The number of hydrogen-bond donors (Lipinski definition) is 0. The molecule has 156 valence electrons. The average molecular weight is 443 g/mol. The van der Waals surface area contributed by atoms with Gasteiger partial charge in [0.25, 0.3) is 5.91 Å². The van der Waals surface area contributed by atoms with Gasteiger partial charge in [-0.15, -0.1) is 12.4 Å². The number of anilines is 1. The number of fused-ring (bicyclic) bond motifs is 1. The second-order valence-electron chi connectivity index (χ2n) is 6.76. The summed E-state index contributed by atoms with van der Waals surface area (Å²) in [5.74, 6) is 0.584. The molecule has 2 aromatic carbocycles. The number of benzene rings is 2. The molecule has 8 heteroatoms. The lowest BCUT2D eigenvalue weighted by Crippen LogP contribution is -2.32. The summed E-state index contributed by atoms with van der Waals surface area (Å²) in [4.78, 5) is 24.0. The van der Waals surface area contributed by atoms with Gasteiger partial charge in [0.2, 0.25) is 0 Å². The molecule has 2 aromatic heterocycles. The maximum absolute atomic E-state index is 13.4. The first-order valence-electron chi connectivity index (χ1n) is 9.43. The predicted octanol–water partition coefficient (Wildman–Crippen LogP) is 4.97. The maximum atomic E-state index is 13.4. The molecule has 0 radical (unpaired) electrons. The summed E-state index contributed by atoms with van der Waals surface area (Å²) in [7, 11) is 1.60. The standard InChI is InChI=1S/C22H22N4O2S.ClH/c1-16-6-3-9-19-20(16)24-22(29-19)26(12-5-11-25-13-10-23-15-25)21(27)17-7-4-8-18(14-17)28-2;/h3-4,6-10,13-15H,5,11-12H2,1-2H3;1H. The van der Waals surface area contributed by atoms with E-state index in [0.29, 0.717) is 23.0 Å². The van der Waals surface area contributed by atoms with Crippen LogP contribution in [0.15, 0.2) is 61.2 Å². The summed E-state index contributed by atoms with van der Waals surface area (Å²) in [6, 6.07) is 13.4. The third-order valence-corrected chi connectivity index (χ3v) is 5.80. The van der Waals surface area contributed by atoms with E-state index < -0.39 is 0 Å². The van der Waals surface area contributed by atoms with Gasteiger partial charge in [0.05, 0.1) is 23.7 Å². The molecular formula is C22H23ClN4O2S. The fraction of sp³-hybridized carbons (Fsp3) is 0.227. The third kappa shape index (κ3) is 4.63. The van der Waals surface area contributed by atoms with Gasteiger partial charge in [-0.1, -0.05) is 29.5 Å². The first-order valence-corrected chi connectivity index (χ1v) is 10.2. The van der Waals surface area contributed by atoms with Crippen LogP contribution < -0.4 is 9.64 Å². The van der Waals surface area contributed by atoms with Crippen LogP contribution in [0.2, 0.25) is 0 Å². The molecule has 4 rings (SSSR count). The molecule has 0 aliphatic rings. The molecule has 0 saturated heterocycles. The molecular weight excluding hydrogens is 420 g/mol. The van der Waals surface area contributed by atoms with Crippen molar-refractivity contribution in [3.05, 3.63) is 72.3 Å². The van der Waals surface area contributed by atoms with E-state index in [9.17, 15) is 4.79 Å². The topological polar surface area (TPSA) is 60.2 Å². The Morgan fingerprint density at radius 2 is 2.07 bits per heavy atom. The van der Waals surface area contributed by atoms with Gasteiger partial charge in [0, 0.05) is 31.0 Å². The number of nitrogens with zero attached hydrogens (tertiary/aromatic N) is 4. The number of ether oxygens (including phenoxy) is 1. The van der Waals surface area contributed by atoms with Gasteiger partial charge in [-0.2, -0.15) is 0 Å². The van der Waals surface area contributed by atoms with Crippen molar-refractivity contribution in [2.75, 3.05) is 18.6 Å². The fourth-order valence-electron chi connectivity index (χ4n) is 3.22. The van der Waals surface area contributed by atoms with Crippen molar-refractivity contribution >= 4 is 45.0 Å². The van der Waals surface area contributed by atoms with E-state index in [2.05, 4.69) is 4.98 Å². The Hall–Kier alpha value is -2.90. The van der Waals surface area contributed by atoms with Crippen molar-refractivity contribution in [3.8, 4) is 5.75 Å². The molecule has 2 heterocycles. The summed E-state index contributed by atoms with van der Waals surface area (Å²) in [5.41, 5.74) is 2.64. The van der Waals surface area contributed by atoms with Crippen LogP contribution in [-0.4, -0.2) is 34.1 Å². The van der Waals surface area contributed by atoms with Crippen LogP contribution in [0.3, 0.4) is 0 Å². The molecule has 0 aliphatic carbocycles. The Kier molecular flexibility index (Phi) is 7.07. The maximum Gasteiger partial charge on any atom is 0.260 e. The van der Waals surface area contributed by atoms with E-state index in [1.807, 2.05) is 54.1 Å². The first kappa shape index (κ1) is 21.8. The van der Waals surface area contributed by atoms with Crippen LogP contribution in [0, 0.1) is 6.92 Å². The monoisotopic (exact) mass is 442 g/mol. The lowest BCUT2D eigenvalue weighted by molar-refractivity contribution is 0.0986. The minimum absolute atomic E-state index is 0. The van der Waals surface area contributed by atoms with Crippen LogP contribution in [-0.2, 0) is 6.54 Å². The Labute approximate surface area is 185 Å². The number of amides is 1. The largest absolute Gasteiger partial charge is 0.497 e. The van der Waals surface area contributed by atoms with E-state index in [4.69, 9.17) is 9.72 Å². The van der Waals surface area contributed by atoms with Crippen LogP contribution in [0.5, 0.6) is 5.75 Å². The molecule has 0 saturated carbocycles. The van der Waals surface area contributed by atoms with Gasteiger partial charge in [-0.05, 0) is 43.2 Å². The van der Waals surface area contributed by atoms with Crippen molar-refractivity contribution in [2.24, 2.45) is 0 Å². The molecule has 6 nitrogen and oxygen atoms in total. The van der Waals surface area contributed by atoms with Crippen LogP contribution in [0.25, 0.3) is 10.2 Å². The van der Waals surface area contributed by atoms with Crippen LogP contribution in [0.4, 0.5) is 5.13 Å². The Morgan fingerprint density at radius 3 is 2.80 bits per heavy atom. The van der Waals surface area contributed by atoms with E-state index in [1.165, 1.54) is 0 Å². The highest BCUT2D eigenvalue weighted by Crippen LogP contribution is 2.31. The van der Waals surface area contributed by atoms with E-state index in [-0.39, 0.29) is 18.3 Å². The molecule has 0 N–H and O–H groups in total. The molecule has 0 aliphatic heterocycles. The number of rotatable bonds is 7. The normalized spacial score (nSPS) is 10.6. The molecule has 1 amide bonds. The van der Waals surface area contributed by atoms with Crippen molar-refractivity contribution in [2.45, 2.75) is 19.9 Å². The zero-order valence-corrected chi connectivity index (χ0v) is 18.4. The van der Waals surface area contributed by atoms with Gasteiger partial charge in [-0.3, -0.25) is 9.69 Å². The number of para-hydroxylation sites is 1. The summed E-state index contributed by atoms with van der Waals surface area (Å²) in [6.45, 7) is 3.39. The van der Waals surface area contributed by atoms with Crippen LogP contribution >= 0.6 is 23.7 Å². The number of thiazole rings is 1. The summed E-state index contributed by atoms with van der Waals surface area (Å²) >= 11 is 1.54. The molecule has 0 spiro atoms. The van der Waals surface area contributed by atoms with Crippen molar-refractivity contribution < 1.29 is 9.53 Å². The molecule has 4 aromatic rings. The van der Waals surface area contributed by atoms with E-state index in [1.54, 1.807) is 41.9 Å². The molecule has 0 fully saturated rings. The van der Waals surface area contributed by atoms with Crippen molar-refractivity contribution in [1.82, 2.24) is 14.5 Å². The van der Waals surface area contributed by atoms with Crippen LogP contribution in [0.1, 0.15) is 22.3 Å². The van der Waals surface area contributed by atoms with Gasteiger partial charge < -0.3 is 9.30 Å². The summed E-state index contributed by atoms with van der Waals surface area (Å²) in [5, 5.41) is 0.716. The second-order valence-corrected chi connectivity index (χ2v) is 7.77. The number of halogens is 1.